The number of hydrogen-bond donors (Lipinski definition) is 0. The summed E-state index contributed by atoms with van der Waals surface area (Å²) < 4.78 is 91.6. The van der Waals surface area contributed by atoms with Crippen molar-refractivity contribution in [2.24, 2.45) is 0 Å². The summed E-state index contributed by atoms with van der Waals surface area (Å²) in [7, 11) is -3.87. The molecule has 1 nitrogen and oxygen atoms in total. The first-order chi connectivity index (χ1) is 39.1. The molecule has 2 bridgehead atoms. The van der Waals surface area contributed by atoms with E-state index in [9.17, 15) is 5.48 Å². The predicted octanol–water partition coefficient (Wildman–Crippen LogP) is 15.1. The lowest BCUT2D eigenvalue weighted by molar-refractivity contribution is 0.590. The molecule has 1 heterocycles. The molecule has 0 saturated heterocycles. The minimum Gasteiger partial charge on any atom is -0.309 e. The van der Waals surface area contributed by atoms with Crippen molar-refractivity contribution in [2.45, 2.75) is 64.2 Å². The lowest BCUT2D eigenvalue weighted by Crippen LogP contribution is -2.75. The van der Waals surface area contributed by atoms with Crippen LogP contribution in [-0.4, -0.2) is 12.6 Å². The molecule has 2 atom stereocenters. The zero-order valence-corrected chi connectivity index (χ0v) is 42.3. The van der Waals surface area contributed by atoms with E-state index in [0.717, 1.165) is 43.0 Å². The minimum atomic E-state index is -3.87. The highest BCUT2D eigenvalue weighted by Crippen LogP contribution is 2.57. The van der Waals surface area contributed by atoms with E-state index in [1.54, 1.807) is 0 Å². The quantitative estimate of drug-likeness (QED) is 0.111. The fourth-order valence-corrected chi connectivity index (χ4v) is 17.4. The van der Waals surface area contributed by atoms with Gasteiger partial charge in [-0.1, -0.05) is 248 Å². The molecule has 10 aromatic carbocycles. The number of rotatable bonds is 7. The van der Waals surface area contributed by atoms with Crippen LogP contribution in [0.3, 0.4) is 0 Å². The maximum atomic E-state index is 9.24. The standard InChI is InChI=1S/C70H59NSi/c1-69(2,3)50-38-40-61-59(44-50)60-45-51(70(4,5)6)39-41-62(60)71(61)63-36-20-34-57-65-55-32-16-17-33-56(55)68(66(57)63)67-58(65)35-21-37-64(67)72(52-28-14-9-15-29-52,53-30-18-26-48(42-53)46-22-10-7-11-23-46)54-31-19-27-49(43-54)47-24-12-8-13-25-47/h7-45,65,68H,1-6H3/i7D,8D,10D,11D,12D,13D,22D,23D,24D,25D. The van der Waals surface area contributed by atoms with Crippen molar-refractivity contribution in [3.63, 3.8) is 0 Å². The van der Waals surface area contributed by atoms with E-state index < -0.39 is 44.3 Å². The zero-order valence-electron chi connectivity index (χ0n) is 51.3. The summed E-state index contributed by atoms with van der Waals surface area (Å²) >= 11 is 0. The molecule has 11 aromatic rings. The van der Waals surface area contributed by atoms with Crippen LogP contribution in [0.2, 0.25) is 0 Å². The Bertz CT molecular complexity index is 4270. The van der Waals surface area contributed by atoms with Crippen molar-refractivity contribution in [2.75, 3.05) is 0 Å². The Morgan fingerprint density at radius 3 is 1.39 bits per heavy atom. The average molecular weight is 952 g/mol. The smallest absolute Gasteiger partial charge is 0.179 e. The zero-order chi connectivity index (χ0) is 57.6. The van der Waals surface area contributed by atoms with E-state index in [4.69, 9.17) is 8.22 Å². The van der Waals surface area contributed by atoms with Crippen molar-refractivity contribution >= 4 is 50.6 Å². The molecule has 0 aliphatic heterocycles. The first kappa shape index (κ1) is 34.5. The van der Waals surface area contributed by atoms with Gasteiger partial charge in [-0.3, -0.25) is 0 Å². The summed E-state index contributed by atoms with van der Waals surface area (Å²) in [5.41, 5.74) is 14.0. The van der Waals surface area contributed by atoms with E-state index in [0.29, 0.717) is 11.1 Å². The van der Waals surface area contributed by atoms with Crippen LogP contribution in [0.25, 0.3) is 49.7 Å². The van der Waals surface area contributed by atoms with Gasteiger partial charge in [-0.2, -0.15) is 0 Å². The second kappa shape index (κ2) is 16.7. The van der Waals surface area contributed by atoms with Gasteiger partial charge in [0.2, 0.25) is 0 Å². The highest BCUT2D eigenvalue weighted by molar-refractivity contribution is 7.20. The molecule has 2 unspecified atom stereocenters. The number of fused-ring (bicyclic) bond motifs is 3. The lowest BCUT2D eigenvalue weighted by Gasteiger charge is -2.47. The molecule has 14 rings (SSSR count). The van der Waals surface area contributed by atoms with E-state index in [1.807, 2.05) is 54.6 Å². The number of aromatic nitrogens is 1. The number of hydrogen-bond acceptors (Lipinski definition) is 0. The third kappa shape index (κ3) is 6.80. The van der Waals surface area contributed by atoms with Gasteiger partial charge in [0.1, 0.15) is 0 Å². The Kier molecular flexibility index (Phi) is 7.99. The SMILES string of the molecule is [2H]c1c([2H])c([2H])c(-c2cccc([Si](c3ccccc3)(c3cccc(-c4c([2H])c([2H])c([2H])c([2H])c4[2H])c3)c3cccc4c3C3c5ccccc5C4c4cccc(-n5c6ccc(C(C)(C)C)cc6c6cc(C(C)(C)C)ccc65)c43)c2)c([2H])c1[2H]. The van der Waals surface area contributed by atoms with Gasteiger partial charge in [-0.05, 0) is 129 Å². The van der Waals surface area contributed by atoms with Crippen LogP contribution in [0.5, 0.6) is 0 Å². The first-order valence-corrected chi connectivity index (χ1v) is 27.0. The predicted molar refractivity (Wildman–Crippen MR) is 307 cm³/mol. The molecular weight excluding hydrogens is 883 g/mol. The molecule has 348 valence electrons. The second-order valence-electron chi connectivity index (χ2n) is 21.7. The molecule has 1 aromatic heterocycles. The van der Waals surface area contributed by atoms with Crippen LogP contribution in [0.1, 0.15) is 112 Å². The Balaban J connectivity index is 1.16. The van der Waals surface area contributed by atoms with Crippen LogP contribution in [0.4, 0.5) is 0 Å². The topological polar surface area (TPSA) is 4.93 Å². The van der Waals surface area contributed by atoms with Crippen molar-refractivity contribution in [3.05, 3.63) is 281 Å². The van der Waals surface area contributed by atoms with Gasteiger partial charge < -0.3 is 4.57 Å². The van der Waals surface area contributed by atoms with Crippen LogP contribution in [0, 0.1) is 0 Å². The highest BCUT2D eigenvalue weighted by Gasteiger charge is 2.50. The molecule has 0 amide bonds. The van der Waals surface area contributed by atoms with E-state index >= 15 is 0 Å². The normalized spacial score (nSPS) is 17.0. The van der Waals surface area contributed by atoms with Crippen LogP contribution in [0.15, 0.2) is 236 Å². The average Bonchev–Trinajstić information content (AvgIpc) is 1.05. The van der Waals surface area contributed by atoms with Crippen molar-refractivity contribution in [1.82, 2.24) is 4.57 Å². The van der Waals surface area contributed by atoms with Crippen LogP contribution >= 0.6 is 0 Å². The van der Waals surface area contributed by atoms with Crippen molar-refractivity contribution < 1.29 is 13.7 Å². The Labute approximate surface area is 440 Å². The molecule has 3 aliphatic carbocycles. The highest BCUT2D eigenvalue weighted by atomic mass is 28.3. The third-order valence-corrected chi connectivity index (χ3v) is 20.4. The Morgan fingerprint density at radius 2 is 0.847 bits per heavy atom. The molecule has 0 radical (unpaired) electrons. The number of nitrogens with zero attached hydrogens (tertiary/aromatic N) is 1. The summed E-state index contributed by atoms with van der Waals surface area (Å²) in [5.74, 6) is -0.478. The fraction of sp³-hybridized carbons (Fsp3) is 0.143. The number of benzene rings is 10. The second-order valence-corrected chi connectivity index (χ2v) is 25.4. The monoisotopic (exact) mass is 952 g/mol. The maximum Gasteiger partial charge on any atom is 0.179 e. The van der Waals surface area contributed by atoms with Gasteiger partial charge in [0, 0.05) is 22.6 Å². The largest absolute Gasteiger partial charge is 0.309 e. The first-order valence-electron chi connectivity index (χ1n) is 30.0. The molecule has 0 N–H and O–H groups in total. The molecule has 0 spiro atoms. The van der Waals surface area contributed by atoms with Crippen molar-refractivity contribution in [1.29, 1.82) is 0 Å². The summed E-state index contributed by atoms with van der Waals surface area (Å²) in [5, 5.41) is 6.19. The fourth-order valence-electron chi connectivity index (χ4n) is 12.3. The summed E-state index contributed by atoms with van der Waals surface area (Å²) in [6.07, 6.45) is 0. The van der Waals surface area contributed by atoms with Gasteiger partial charge in [-0.25, -0.2) is 0 Å². The minimum absolute atomic E-state index is 0.0866. The van der Waals surface area contributed by atoms with E-state index in [1.165, 1.54) is 49.7 Å². The molecule has 0 fully saturated rings. The third-order valence-electron chi connectivity index (χ3n) is 15.6. The van der Waals surface area contributed by atoms with Crippen molar-refractivity contribution in [3.8, 4) is 27.9 Å². The van der Waals surface area contributed by atoms with Gasteiger partial charge in [0.15, 0.2) is 8.07 Å². The molecule has 0 saturated carbocycles. The Morgan fingerprint density at radius 1 is 0.389 bits per heavy atom. The van der Waals surface area contributed by atoms with Gasteiger partial charge in [0.25, 0.3) is 0 Å². The van der Waals surface area contributed by atoms with Gasteiger partial charge >= 0.3 is 0 Å². The van der Waals surface area contributed by atoms with Crippen LogP contribution in [-0.2, 0) is 10.8 Å². The van der Waals surface area contributed by atoms with E-state index in [-0.39, 0.29) is 58.0 Å². The molecule has 3 aliphatic rings. The van der Waals surface area contributed by atoms with Crippen LogP contribution < -0.4 is 20.7 Å². The summed E-state index contributed by atoms with van der Waals surface area (Å²) in [6, 6.07) is 58.5. The maximum absolute atomic E-state index is 9.24. The summed E-state index contributed by atoms with van der Waals surface area (Å²) in [4.78, 5) is 0. The van der Waals surface area contributed by atoms with Gasteiger partial charge in [0.05, 0.1) is 30.4 Å². The lowest BCUT2D eigenvalue weighted by atomic mass is 9.60. The molecular formula is C70H59NSi. The molecule has 2 heteroatoms. The molecule has 72 heavy (non-hydrogen) atoms. The van der Waals surface area contributed by atoms with E-state index in [2.05, 4.69) is 167 Å². The summed E-state index contributed by atoms with van der Waals surface area (Å²) in [6.45, 7) is 13.6. The Hall–Kier alpha value is -7.78. The van der Waals surface area contributed by atoms with Gasteiger partial charge in [-0.15, -0.1) is 0 Å².